The number of aliphatic hydroxyl groups excluding tert-OH is 1. The average molecular weight is 383 g/mol. The maximum Gasteiger partial charge on any atom is 0.231 e. The third-order valence-corrected chi connectivity index (χ3v) is 6.37. The highest BCUT2D eigenvalue weighted by Gasteiger charge is 2.46. The summed E-state index contributed by atoms with van der Waals surface area (Å²) in [5.74, 6) is 3.53. The van der Waals surface area contributed by atoms with Crippen LogP contribution in [0.1, 0.15) is 34.2 Å². The van der Waals surface area contributed by atoms with Crippen molar-refractivity contribution in [3.8, 4) is 28.7 Å². The maximum absolute atomic E-state index is 11.2. The highest BCUT2D eigenvalue weighted by molar-refractivity contribution is 5.64. The number of ether oxygens (including phenoxy) is 5. The summed E-state index contributed by atoms with van der Waals surface area (Å²) in [6.07, 6.45) is -0.0495. The summed E-state index contributed by atoms with van der Waals surface area (Å²) in [6.45, 7) is 1.15. The van der Waals surface area contributed by atoms with Crippen molar-refractivity contribution in [2.24, 2.45) is 0 Å². The molecule has 2 aromatic carbocycles. The van der Waals surface area contributed by atoms with Gasteiger partial charge in [-0.15, -0.1) is 0 Å². The first-order valence-corrected chi connectivity index (χ1v) is 9.46. The molecule has 1 aliphatic carbocycles. The fourth-order valence-corrected chi connectivity index (χ4v) is 5.26. The zero-order chi connectivity index (χ0) is 19.0. The molecule has 2 aromatic rings. The standard InChI is InChI=1S/C21H21NO6/c1-22-7-13-10(3-4-15-19(13)27-8-25-15)17-14(23)5-12-11(18(17)22)6-16-21(20(12)24-2)28-9-26-16/h3-4,6,14,17-18,23H,5,7-9H2,1-2H3/t14-,17-,18+/m0/s1. The lowest BCUT2D eigenvalue weighted by Gasteiger charge is -2.46. The van der Waals surface area contributed by atoms with Crippen LogP contribution in [0.2, 0.25) is 0 Å². The lowest BCUT2D eigenvalue weighted by molar-refractivity contribution is 0.0582. The fourth-order valence-electron chi connectivity index (χ4n) is 5.26. The summed E-state index contributed by atoms with van der Waals surface area (Å²) in [5.41, 5.74) is 4.36. The highest BCUT2D eigenvalue weighted by atomic mass is 16.7. The molecule has 4 aliphatic rings. The molecule has 0 aromatic heterocycles. The van der Waals surface area contributed by atoms with E-state index in [0.717, 1.165) is 33.8 Å². The number of likely N-dealkylation sites (N-methyl/N-ethyl adjacent to an activating group) is 1. The number of nitrogens with zero attached hydrogens (tertiary/aromatic N) is 1. The topological polar surface area (TPSA) is 69.6 Å². The number of benzene rings is 2. The summed E-state index contributed by atoms with van der Waals surface area (Å²) < 4.78 is 28.2. The van der Waals surface area contributed by atoms with Crippen molar-refractivity contribution in [2.45, 2.75) is 31.0 Å². The van der Waals surface area contributed by atoms with Crippen LogP contribution in [-0.4, -0.2) is 43.9 Å². The van der Waals surface area contributed by atoms with Crippen LogP contribution in [0.25, 0.3) is 0 Å². The van der Waals surface area contributed by atoms with Gasteiger partial charge in [-0.3, -0.25) is 4.90 Å². The minimum Gasteiger partial charge on any atom is -0.492 e. The Balaban J connectivity index is 1.55. The van der Waals surface area contributed by atoms with Gasteiger partial charge in [-0.1, -0.05) is 6.07 Å². The monoisotopic (exact) mass is 383 g/mol. The second-order valence-electron chi connectivity index (χ2n) is 7.74. The molecule has 3 aliphatic heterocycles. The third kappa shape index (κ3) is 2.00. The van der Waals surface area contributed by atoms with E-state index in [0.29, 0.717) is 30.2 Å². The molecule has 3 heterocycles. The summed E-state index contributed by atoms with van der Waals surface area (Å²) in [6, 6.07) is 6.09. The molecule has 146 valence electrons. The number of hydrogen-bond donors (Lipinski definition) is 1. The van der Waals surface area contributed by atoms with E-state index in [1.807, 2.05) is 6.07 Å². The molecule has 0 amide bonds. The normalized spacial score (nSPS) is 26.5. The molecular weight excluding hydrogens is 362 g/mol. The van der Waals surface area contributed by atoms with E-state index in [1.165, 1.54) is 0 Å². The van der Waals surface area contributed by atoms with Gasteiger partial charge in [-0.05, 0) is 30.3 Å². The molecule has 7 nitrogen and oxygen atoms in total. The Kier molecular flexibility index (Phi) is 3.31. The Morgan fingerprint density at radius 2 is 1.79 bits per heavy atom. The Morgan fingerprint density at radius 3 is 2.61 bits per heavy atom. The van der Waals surface area contributed by atoms with Gasteiger partial charge >= 0.3 is 0 Å². The zero-order valence-electron chi connectivity index (χ0n) is 15.7. The van der Waals surface area contributed by atoms with Gasteiger partial charge in [0.1, 0.15) is 0 Å². The Morgan fingerprint density at radius 1 is 1.00 bits per heavy atom. The van der Waals surface area contributed by atoms with Gasteiger partial charge in [0.2, 0.25) is 19.3 Å². The quantitative estimate of drug-likeness (QED) is 0.811. The minimum atomic E-state index is -0.548. The molecule has 0 bridgehead atoms. The minimum absolute atomic E-state index is 0.00928. The molecule has 6 rings (SSSR count). The highest BCUT2D eigenvalue weighted by Crippen LogP contribution is 2.56. The van der Waals surface area contributed by atoms with Gasteiger partial charge in [0.25, 0.3) is 0 Å². The number of fused-ring (bicyclic) bond motifs is 8. The van der Waals surface area contributed by atoms with Gasteiger partial charge in [0.05, 0.1) is 13.2 Å². The van der Waals surface area contributed by atoms with E-state index >= 15 is 0 Å². The Hall–Kier alpha value is -2.64. The summed E-state index contributed by atoms with van der Waals surface area (Å²) in [5, 5.41) is 11.2. The molecule has 0 saturated carbocycles. The number of hydrogen-bond acceptors (Lipinski definition) is 7. The van der Waals surface area contributed by atoms with Crippen LogP contribution in [0.5, 0.6) is 28.7 Å². The smallest absolute Gasteiger partial charge is 0.231 e. The Labute approximate surface area is 162 Å². The molecule has 7 heteroatoms. The lowest BCUT2D eigenvalue weighted by Crippen LogP contribution is -2.43. The predicted octanol–water partition coefficient (Wildman–Crippen LogP) is 2.34. The van der Waals surface area contributed by atoms with Crippen LogP contribution in [-0.2, 0) is 13.0 Å². The van der Waals surface area contributed by atoms with Gasteiger partial charge in [0.15, 0.2) is 23.0 Å². The van der Waals surface area contributed by atoms with Crippen LogP contribution >= 0.6 is 0 Å². The van der Waals surface area contributed by atoms with E-state index in [-0.39, 0.29) is 25.5 Å². The molecule has 3 atom stereocenters. The van der Waals surface area contributed by atoms with E-state index in [1.54, 1.807) is 7.11 Å². The third-order valence-electron chi connectivity index (χ3n) is 6.37. The first-order valence-electron chi connectivity index (χ1n) is 9.46. The predicted molar refractivity (Wildman–Crippen MR) is 98.3 cm³/mol. The number of aliphatic hydroxyl groups is 1. The van der Waals surface area contributed by atoms with Crippen molar-refractivity contribution in [3.05, 3.63) is 40.5 Å². The fraction of sp³-hybridized carbons (Fsp3) is 0.429. The summed E-state index contributed by atoms with van der Waals surface area (Å²) in [4.78, 5) is 2.26. The molecule has 0 spiro atoms. The maximum atomic E-state index is 11.2. The molecule has 1 N–H and O–H groups in total. The Bertz CT molecular complexity index is 990. The van der Waals surface area contributed by atoms with Crippen molar-refractivity contribution in [1.82, 2.24) is 4.90 Å². The van der Waals surface area contributed by atoms with Crippen molar-refractivity contribution in [2.75, 3.05) is 27.7 Å². The van der Waals surface area contributed by atoms with E-state index in [2.05, 4.69) is 24.1 Å². The van der Waals surface area contributed by atoms with E-state index in [4.69, 9.17) is 23.7 Å². The second-order valence-corrected chi connectivity index (χ2v) is 7.74. The van der Waals surface area contributed by atoms with Gasteiger partial charge in [-0.2, -0.15) is 0 Å². The lowest BCUT2D eigenvalue weighted by atomic mass is 9.70. The van der Waals surface area contributed by atoms with Crippen LogP contribution in [0.3, 0.4) is 0 Å². The molecule has 0 fully saturated rings. The first-order chi connectivity index (χ1) is 13.7. The van der Waals surface area contributed by atoms with Crippen molar-refractivity contribution in [1.29, 1.82) is 0 Å². The SMILES string of the molecule is COc1c2c(cc3c1OCO3)[C@@H]1[C@@H](c3ccc4c(c3CN1C)OCO4)[C@@H](O)C2. The first kappa shape index (κ1) is 16.3. The summed E-state index contributed by atoms with van der Waals surface area (Å²) >= 11 is 0. The van der Waals surface area contributed by atoms with Crippen molar-refractivity contribution in [3.63, 3.8) is 0 Å². The second kappa shape index (κ2) is 5.68. The molecule has 0 unspecified atom stereocenters. The van der Waals surface area contributed by atoms with Gasteiger partial charge in [-0.25, -0.2) is 0 Å². The molecular formula is C21H21NO6. The molecule has 0 saturated heterocycles. The molecule has 0 radical (unpaired) electrons. The molecule has 28 heavy (non-hydrogen) atoms. The number of methoxy groups -OCH3 is 1. The van der Waals surface area contributed by atoms with Crippen LogP contribution in [0.4, 0.5) is 0 Å². The average Bonchev–Trinajstić information content (AvgIpc) is 3.35. The van der Waals surface area contributed by atoms with E-state index in [9.17, 15) is 5.11 Å². The largest absolute Gasteiger partial charge is 0.492 e. The van der Waals surface area contributed by atoms with Crippen molar-refractivity contribution >= 4 is 0 Å². The number of rotatable bonds is 1. The zero-order valence-corrected chi connectivity index (χ0v) is 15.7. The van der Waals surface area contributed by atoms with Gasteiger partial charge in [0, 0.05) is 36.1 Å². The van der Waals surface area contributed by atoms with Crippen molar-refractivity contribution < 1.29 is 28.8 Å². The van der Waals surface area contributed by atoms with Crippen LogP contribution < -0.4 is 23.7 Å². The summed E-state index contributed by atoms with van der Waals surface area (Å²) in [7, 11) is 3.71. The van der Waals surface area contributed by atoms with Gasteiger partial charge < -0.3 is 28.8 Å². The van der Waals surface area contributed by atoms with Crippen LogP contribution in [0, 0.1) is 0 Å². The van der Waals surface area contributed by atoms with E-state index < -0.39 is 6.10 Å². The van der Waals surface area contributed by atoms with Crippen LogP contribution in [0.15, 0.2) is 18.2 Å².